The number of pyridine rings is 1. The summed E-state index contributed by atoms with van der Waals surface area (Å²) in [6.45, 7) is 1.87. The van der Waals surface area contributed by atoms with E-state index in [2.05, 4.69) is 4.99 Å². The van der Waals surface area contributed by atoms with Crippen molar-refractivity contribution in [3.05, 3.63) is 41.4 Å². The quantitative estimate of drug-likeness (QED) is 0.766. The molecule has 0 saturated carbocycles. The van der Waals surface area contributed by atoms with Gasteiger partial charge in [-0.1, -0.05) is 18.2 Å². The second kappa shape index (κ2) is 4.83. The van der Waals surface area contributed by atoms with Gasteiger partial charge in [0.1, 0.15) is 5.49 Å². The molecule has 1 aromatic heterocycles. The first-order chi connectivity index (χ1) is 8.63. The molecule has 0 bridgehead atoms. The van der Waals surface area contributed by atoms with Crippen LogP contribution in [0.5, 0.6) is 0 Å². The van der Waals surface area contributed by atoms with E-state index in [1.807, 2.05) is 54.2 Å². The number of fused-ring (bicyclic) bond motifs is 1. The van der Waals surface area contributed by atoms with Gasteiger partial charge in [0.25, 0.3) is 0 Å². The van der Waals surface area contributed by atoms with E-state index < -0.39 is 6.03 Å². The number of carbonyl (C=O) groups excluding carboxylic acids is 2. The van der Waals surface area contributed by atoms with Crippen molar-refractivity contribution in [1.29, 1.82) is 0 Å². The molecule has 0 aliphatic rings. The fraction of sp³-hybridized carbons (Fsp3) is 0.154. The van der Waals surface area contributed by atoms with Crippen molar-refractivity contribution in [2.45, 2.75) is 6.92 Å². The summed E-state index contributed by atoms with van der Waals surface area (Å²) in [5, 5.41) is 3.07. The number of para-hydroxylation sites is 1. The van der Waals surface area contributed by atoms with E-state index in [9.17, 15) is 9.59 Å². The first-order valence-electron chi connectivity index (χ1n) is 5.47. The first kappa shape index (κ1) is 12.0. The molecule has 92 valence electrons. The van der Waals surface area contributed by atoms with Crippen LogP contribution in [0.4, 0.5) is 4.79 Å². The Morgan fingerprint density at radius 3 is 2.83 bits per heavy atom. The molecule has 0 radical (unpaired) electrons. The molecule has 0 spiro atoms. The lowest BCUT2D eigenvalue weighted by atomic mass is 10.1. The molecule has 1 aromatic carbocycles. The number of imide groups is 1. The minimum atomic E-state index is -0.668. The van der Waals surface area contributed by atoms with Gasteiger partial charge in [0.15, 0.2) is 0 Å². The van der Waals surface area contributed by atoms with E-state index in [1.165, 1.54) is 0 Å². The molecule has 18 heavy (non-hydrogen) atoms. The molecular weight excluding hydrogens is 230 g/mol. The van der Waals surface area contributed by atoms with Crippen LogP contribution in [0.15, 0.2) is 35.3 Å². The third kappa shape index (κ3) is 2.15. The maximum atomic E-state index is 11.3. The lowest BCUT2D eigenvalue weighted by Crippen LogP contribution is -2.27. The second-order valence-electron chi connectivity index (χ2n) is 3.95. The Hall–Kier alpha value is -2.43. The molecule has 3 amide bonds. The smallest absolute Gasteiger partial charge is 0.329 e. The summed E-state index contributed by atoms with van der Waals surface area (Å²) >= 11 is 0. The maximum Gasteiger partial charge on any atom is 0.349 e. The van der Waals surface area contributed by atoms with Gasteiger partial charge in [-0.25, -0.2) is 4.79 Å². The van der Waals surface area contributed by atoms with E-state index in [0.717, 1.165) is 16.5 Å². The van der Waals surface area contributed by atoms with Crippen LogP contribution in [0.25, 0.3) is 10.9 Å². The number of carbonyl (C=O) groups is 2. The molecule has 2 aromatic rings. The standard InChI is InChI=1S/C13H13N3O2/c1-9-7-10-5-3-4-6-11(10)16(2)12(9)15-13(18)14-8-17/h3-8H,1-2H3,(H,14,17,18). The topological polar surface area (TPSA) is 63.5 Å². The van der Waals surface area contributed by atoms with Gasteiger partial charge in [-0.05, 0) is 30.0 Å². The van der Waals surface area contributed by atoms with Gasteiger partial charge < -0.3 is 4.57 Å². The Morgan fingerprint density at radius 1 is 1.39 bits per heavy atom. The zero-order valence-electron chi connectivity index (χ0n) is 10.2. The fourth-order valence-corrected chi connectivity index (χ4v) is 1.93. The van der Waals surface area contributed by atoms with E-state index in [-0.39, 0.29) is 0 Å². The van der Waals surface area contributed by atoms with Crippen molar-refractivity contribution in [3.8, 4) is 0 Å². The monoisotopic (exact) mass is 243 g/mol. The maximum absolute atomic E-state index is 11.3. The zero-order chi connectivity index (χ0) is 13.1. The highest BCUT2D eigenvalue weighted by Gasteiger charge is 2.03. The van der Waals surface area contributed by atoms with E-state index in [1.54, 1.807) is 0 Å². The highest BCUT2D eigenvalue weighted by Crippen LogP contribution is 2.11. The van der Waals surface area contributed by atoms with Crippen molar-refractivity contribution in [1.82, 2.24) is 9.88 Å². The van der Waals surface area contributed by atoms with Crippen LogP contribution < -0.4 is 10.8 Å². The van der Waals surface area contributed by atoms with Gasteiger partial charge in [-0.3, -0.25) is 10.1 Å². The lowest BCUT2D eigenvalue weighted by molar-refractivity contribution is -0.108. The molecule has 0 saturated heterocycles. The van der Waals surface area contributed by atoms with E-state index in [4.69, 9.17) is 0 Å². The summed E-state index contributed by atoms with van der Waals surface area (Å²) in [5.41, 5.74) is 2.38. The molecule has 0 atom stereocenters. The summed E-state index contributed by atoms with van der Waals surface area (Å²) in [5.74, 6) is 0. The van der Waals surface area contributed by atoms with Gasteiger partial charge in [0, 0.05) is 12.6 Å². The first-order valence-corrected chi connectivity index (χ1v) is 5.47. The van der Waals surface area contributed by atoms with Crippen molar-refractivity contribution < 1.29 is 9.59 Å². The van der Waals surface area contributed by atoms with Crippen LogP contribution in [0, 0.1) is 6.92 Å². The molecule has 5 nitrogen and oxygen atoms in total. The van der Waals surface area contributed by atoms with Gasteiger partial charge in [0.2, 0.25) is 6.41 Å². The van der Waals surface area contributed by atoms with Crippen molar-refractivity contribution in [3.63, 3.8) is 0 Å². The number of nitrogens with zero attached hydrogens (tertiary/aromatic N) is 2. The van der Waals surface area contributed by atoms with Crippen LogP contribution in [0.2, 0.25) is 0 Å². The lowest BCUT2D eigenvalue weighted by Gasteiger charge is -2.08. The van der Waals surface area contributed by atoms with Crippen molar-refractivity contribution >= 4 is 23.3 Å². The number of aromatic nitrogens is 1. The largest absolute Gasteiger partial charge is 0.349 e. The van der Waals surface area contributed by atoms with Crippen LogP contribution >= 0.6 is 0 Å². The zero-order valence-corrected chi connectivity index (χ0v) is 10.2. The Morgan fingerprint density at radius 2 is 2.11 bits per heavy atom. The fourth-order valence-electron chi connectivity index (χ4n) is 1.93. The Labute approximate surface area is 104 Å². The number of amides is 3. The molecular formula is C13H13N3O2. The normalized spacial score (nSPS) is 11.6. The van der Waals surface area contributed by atoms with Gasteiger partial charge in [0.05, 0.1) is 0 Å². The molecule has 0 fully saturated rings. The summed E-state index contributed by atoms with van der Waals surface area (Å²) in [6.07, 6.45) is 0.322. The number of aryl methyl sites for hydroxylation is 2. The summed E-state index contributed by atoms with van der Waals surface area (Å²) in [7, 11) is 1.84. The molecule has 5 heteroatoms. The number of hydrogen-bond donors (Lipinski definition) is 1. The number of benzene rings is 1. The van der Waals surface area contributed by atoms with E-state index in [0.29, 0.717) is 11.9 Å². The van der Waals surface area contributed by atoms with Crippen LogP contribution in [0.1, 0.15) is 5.56 Å². The highest BCUT2D eigenvalue weighted by molar-refractivity contribution is 5.85. The molecule has 0 unspecified atom stereocenters. The number of nitrogens with one attached hydrogen (secondary N) is 1. The van der Waals surface area contributed by atoms with Gasteiger partial charge >= 0.3 is 6.03 Å². The Bertz CT molecular complexity index is 686. The van der Waals surface area contributed by atoms with Gasteiger partial charge in [-0.2, -0.15) is 4.99 Å². The van der Waals surface area contributed by atoms with Gasteiger partial charge in [-0.15, -0.1) is 0 Å². The number of hydrogen-bond acceptors (Lipinski definition) is 2. The second-order valence-corrected chi connectivity index (χ2v) is 3.95. The molecule has 1 heterocycles. The Kier molecular flexibility index (Phi) is 3.23. The SMILES string of the molecule is Cc1cc2ccccc2n(C)c1=NC(=O)NC=O. The predicted octanol–water partition coefficient (Wildman–Crippen LogP) is 1.25. The molecule has 2 rings (SSSR count). The average Bonchev–Trinajstić information content (AvgIpc) is 2.35. The Balaban J connectivity index is 2.71. The molecule has 0 aliphatic heterocycles. The average molecular weight is 243 g/mol. The number of urea groups is 1. The highest BCUT2D eigenvalue weighted by atomic mass is 16.2. The third-order valence-electron chi connectivity index (χ3n) is 2.73. The summed E-state index contributed by atoms with van der Waals surface area (Å²) < 4.78 is 1.83. The third-order valence-corrected chi connectivity index (χ3v) is 2.73. The predicted molar refractivity (Wildman–Crippen MR) is 67.8 cm³/mol. The summed E-state index contributed by atoms with van der Waals surface area (Å²) in [4.78, 5) is 25.4. The minimum absolute atomic E-state index is 0.322. The van der Waals surface area contributed by atoms with Crippen LogP contribution in [-0.2, 0) is 11.8 Å². The van der Waals surface area contributed by atoms with Crippen LogP contribution in [-0.4, -0.2) is 17.0 Å². The molecule has 1 N–H and O–H groups in total. The number of rotatable bonds is 1. The molecule has 0 aliphatic carbocycles. The van der Waals surface area contributed by atoms with E-state index >= 15 is 0 Å². The van der Waals surface area contributed by atoms with Crippen molar-refractivity contribution in [2.75, 3.05) is 0 Å². The summed E-state index contributed by atoms with van der Waals surface area (Å²) in [6, 6.07) is 9.12. The van der Waals surface area contributed by atoms with Crippen LogP contribution in [0.3, 0.4) is 0 Å². The minimum Gasteiger partial charge on any atom is -0.329 e. The van der Waals surface area contributed by atoms with Crippen molar-refractivity contribution in [2.24, 2.45) is 12.0 Å².